The van der Waals surface area contributed by atoms with Crippen molar-refractivity contribution in [3.05, 3.63) is 64.6 Å². The number of ether oxygens (including phenoxy) is 1. The molecule has 220 valence electrons. The number of carbonyl (C=O) groups is 3. The highest BCUT2D eigenvalue weighted by atomic mass is 35.5. The summed E-state index contributed by atoms with van der Waals surface area (Å²) in [5.74, 6) is -4.15. The van der Waals surface area contributed by atoms with Crippen molar-refractivity contribution >= 4 is 35.0 Å². The van der Waals surface area contributed by atoms with Gasteiger partial charge in [-0.05, 0) is 56.3 Å². The highest BCUT2D eigenvalue weighted by molar-refractivity contribution is 6.34. The number of hydrogen-bond acceptors (Lipinski definition) is 7. The summed E-state index contributed by atoms with van der Waals surface area (Å²) in [4.78, 5) is 41.7. The molecule has 0 saturated carbocycles. The number of benzene rings is 2. The molecule has 2 heterocycles. The van der Waals surface area contributed by atoms with E-state index in [1.165, 1.54) is 48.1 Å². The van der Waals surface area contributed by atoms with Gasteiger partial charge in [-0.1, -0.05) is 11.6 Å². The number of hydrogen-bond donors (Lipinski definition) is 4. The quantitative estimate of drug-likeness (QED) is 0.262. The normalized spacial score (nSPS) is 13.2. The van der Waals surface area contributed by atoms with Gasteiger partial charge in [-0.25, -0.2) is 9.37 Å². The first kappa shape index (κ1) is 30.4. The molecule has 1 saturated heterocycles. The Kier molecular flexibility index (Phi) is 10.1. The molecule has 4 rings (SSSR count). The molecule has 0 bridgehead atoms. The lowest BCUT2D eigenvalue weighted by molar-refractivity contribution is -0.125. The van der Waals surface area contributed by atoms with Crippen LogP contribution in [-0.4, -0.2) is 60.1 Å². The van der Waals surface area contributed by atoms with Crippen molar-refractivity contribution in [1.82, 2.24) is 25.5 Å². The molecular weight excluding hydrogens is 572 g/mol. The van der Waals surface area contributed by atoms with Crippen LogP contribution in [0.25, 0.3) is 11.3 Å². The van der Waals surface area contributed by atoms with Gasteiger partial charge in [0.2, 0.25) is 11.7 Å². The van der Waals surface area contributed by atoms with Gasteiger partial charge in [-0.3, -0.25) is 14.4 Å². The predicted molar refractivity (Wildman–Crippen MR) is 150 cm³/mol. The Morgan fingerprint density at radius 1 is 1.12 bits per heavy atom. The summed E-state index contributed by atoms with van der Waals surface area (Å²) in [7, 11) is 1.46. The van der Waals surface area contributed by atoms with Crippen molar-refractivity contribution < 1.29 is 27.9 Å². The molecule has 0 aliphatic carbocycles. The standard InChI is InChI=1S/C28H28ClF2N7O4/c1-38-21(19-4-5-22(42-13-8-32)24(31)23(19)30)15-36-25(38)28(41)37-17-2-3-18(20(29)14-17)27(40)35-12-11-34-26(39)16-6-9-33-10-7-16/h2-5,14-16,33H,6-7,9-13H2,1H3,(H,34,39)(H,35,40)(H,37,41). The molecule has 2 aromatic carbocycles. The van der Waals surface area contributed by atoms with Crippen LogP contribution in [0.4, 0.5) is 14.5 Å². The van der Waals surface area contributed by atoms with E-state index >= 15 is 0 Å². The lowest BCUT2D eigenvalue weighted by atomic mass is 9.97. The number of amides is 3. The highest BCUT2D eigenvalue weighted by Gasteiger charge is 2.23. The molecule has 1 fully saturated rings. The molecule has 11 nitrogen and oxygen atoms in total. The minimum Gasteiger partial charge on any atom is -0.476 e. The van der Waals surface area contributed by atoms with Crippen molar-refractivity contribution in [3.8, 4) is 23.1 Å². The zero-order valence-corrected chi connectivity index (χ0v) is 23.4. The molecule has 0 unspecified atom stereocenters. The molecule has 1 aliphatic rings. The Hall–Kier alpha value is -4.54. The SMILES string of the molecule is Cn1c(-c2ccc(OCC#N)c(F)c2F)cnc1C(=O)Nc1ccc(C(=O)NCCNC(=O)C2CCNCC2)c(Cl)c1. The van der Waals surface area contributed by atoms with Crippen LogP contribution in [0.5, 0.6) is 5.75 Å². The monoisotopic (exact) mass is 599 g/mol. The van der Waals surface area contributed by atoms with E-state index in [2.05, 4.69) is 26.3 Å². The van der Waals surface area contributed by atoms with Gasteiger partial charge in [0.1, 0.15) is 6.07 Å². The number of halogens is 3. The topological polar surface area (TPSA) is 150 Å². The van der Waals surface area contributed by atoms with Crippen LogP contribution in [0.2, 0.25) is 5.02 Å². The summed E-state index contributed by atoms with van der Waals surface area (Å²) in [5, 5.41) is 20.0. The second-order valence-electron chi connectivity index (χ2n) is 9.43. The number of nitrogens with one attached hydrogen (secondary N) is 4. The first-order valence-electron chi connectivity index (χ1n) is 13.1. The Morgan fingerprint density at radius 2 is 1.86 bits per heavy atom. The molecule has 42 heavy (non-hydrogen) atoms. The molecule has 1 aliphatic heterocycles. The first-order valence-corrected chi connectivity index (χ1v) is 13.5. The van der Waals surface area contributed by atoms with Gasteiger partial charge < -0.3 is 30.6 Å². The maximum atomic E-state index is 14.7. The fourth-order valence-corrected chi connectivity index (χ4v) is 4.74. The third-order valence-corrected chi connectivity index (χ3v) is 7.01. The van der Waals surface area contributed by atoms with E-state index in [1.54, 1.807) is 6.07 Å². The van der Waals surface area contributed by atoms with Gasteiger partial charge in [0, 0.05) is 37.3 Å². The lowest BCUT2D eigenvalue weighted by Crippen LogP contribution is -2.41. The van der Waals surface area contributed by atoms with Crippen LogP contribution in [0.3, 0.4) is 0 Å². The number of nitrogens with zero attached hydrogens (tertiary/aromatic N) is 3. The maximum Gasteiger partial charge on any atom is 0.291 e. The van der Waals surface area contributed by atoms with Gasteiger partial charge in [0.25, 0.3) is 11.8 Å². The van der Waals surface area contributed by atoms with Crippen molar-refractivity contribution in [3.63, 3.8) is 0 Å². The number of imidazole rings is 1. The largest absolute Gasteiger partial charge is 0.476 e. The third kappa shape index (κ3) is 7.02. The van der Waals surface area contributed by atoms with E-state index in [-0.39, 0.29) is 58.3 Å². The second-order valence-corrected chi connectivity index (χ2v) is 9.84. The summed E-state index contributed by atoms with van der Waals surface area (Å²) in [6, 6.07) is 8.44. The van der Waals surface area contributed by atoms with E-state index in [0.29, 0.717) is 0 Å². The van der Waals surface area contributed by atoms with Crippen molar-refractivity contribution in [2.24, 2.45) is 13.0 Å². The fourth-order valence-electron chi connectivity index (χ4n) is 4.47. The molecule has 0 radical (unpaired) electrons. The zero-order valence-electron chi connectivity index (χ0n) is 22.6. The van der Waals surface area contributed by atoms with Crippen LogP contribution in [0.1, 0.15) is 33.8 Å². The lowest BCUT2D eigenvalue weighted by Gasteiger charge is -2.21. The molecule has 14 heteroatoms. The molecule has 3 aromatic rings. The molecule has 4 N–H and O–H groups in total. The van der Waals surface area contributed by atoms with Gasteiger partial charge >= 0.3 is 0 Å². The van der Waals surface area contributed by atoms with Gasteiger partial charge in [0.05, 0.1) is 22.5 Å². The summed E-state index contributed by atoms with van der Waals surface area (Å²) in [5.41, 5.74) is 0.422. The minimum absolute atomic E-state index is 0.0249. The number of carbonyl (C=O) groups excluding carboxylic acids is 3. The Morgan fingerprint density at radius 3 is 2.57 bits per heavy atom. The Bertz CT molecular complexity index is 1530. The van der Waals surface area contributed by atoms with Crippen molar-refractivity contribution in [2.45, 2.75) is 12.8 Å². The van der Waals surface area contributed by atoms with E-state index in [9.17, 15) is 23.2 Å². The molecule has 1 aromatic heterocycles. The van der Waals surface area contributed by atoms with Crippen LogP contribution in [0, 0.1) is 28.9 Å². The average molecular weight is 600 g/mol. The predicted octanol–water partition coefficient (Wildman–Crippen LogP) is 3.02. The average Bonchev–Trinajstić information content (AvgIpc) is 3.37. The van der Waals surface area contributed by atoms with Gasteiger partial charge in [0.15, 0.2) is 24.0 Å². The minimum atomic E-state index is -1.27. The van der Waals surface area contributed by atoms with E-state index < -0.39 is 35.8 Å². The Labute approximate surface area is 245 Å². The van der Waals surface area contributed by atoms with Gasteiger partial charge in [-0.2, -0.15) is 9.65 Å². The first-order chi connectivity index (χ1) is 20.2. The number of anilines is 1. The van der Waals surface area contributed by atoms with Crippen LogP contribution >= 0.6 is 11.6 Å². The van der Waals surface area contributed by atoms with Crippen LogP contribution in [0.15, 0.2) is 36.5 Å². The fraction of sp³-hybridized carbons (Fsp3) is 0.321. The summed E-state index contributed by atoms with van der Waals surface area (Å²) < 4.78 is 35.3. The van der Waals surface area contributed by atoms with E-state index in [4.69, 9.17) is 21.6 Å². The third-order valence-electron chi connectivity index (χ3n) is 6.70. The molecule has 0 atom stereocenters. The number of nitriles is 1. The van der Waals surface area contributed by atoms with E-state index in [1.807, 2.05) is 0 Å². The highest BCUT2D eigenvalue weighted by Crippen LogP contribution is 2.30. The summed E-state index contributed by atoms with van der Waals surface area (Å²) in [6.45, 7) is 1.67. The summed E-state index contributed by atoms with van der Waals surface area (Å²) in [6.07, 6.45) is 2.79. The second kappa shape index (κ2) is 13.9. The van der Waals surface area contributed by atoms with Crippen molar-refractivity contribution in [1.29, 1.82) is 5.26 Å². The van der Waals surface area contributed by atoms with E-state index in [0.717, 1.165) is 25.9 Å². The smallest absolute Gasteiger partial charge is 0.291 e. The molecule has 3 amide bonds. The number of aromatic nitrogens is 2. The zero-order chi connectivity index (χ0) is 30.2. The molecular formula is C28H28ClF2N7O4. The number of rotatable bonds is 10. The van der Waals surface area contributed by atoms with Crippen LogP contribution < -0.4 is 26.0 Å². The molecule has 0 spiro atoms. The van der Waals surface area contributed by atoms with Crippen molar-refractivity contribution in [2.75, 3.05) is 38.1 Å². The van der Waals surface area contributed by atoms with Crippen LogP contribution in [-0.2, 0) is 11.8 Å². The number of piperidine rings is 1. The Balaban J connectivity index is 1.35. The van der Waals surface area contributed by atoms with Gasteiger partial charge in [-0.15, -0.1) is 0 Å². The summed E-state index contributed by atoms with van der Waals surface area (Å²) >= 11 is 6.30. The maximum absolute atomic E-state index is 14.7.